The number of nitrogens with one attached hydrogen (secondary N) is 1. The Kier molecular flexibility index (Phi) is 5.34. The molecule has 15 heavy (non-hydrogen) atoms. The van der Waals surface area contributed by atoms with E-state index in [9.17, 15) is 4.79 Å². The molecule has 1 rings (SSSR count). The first-order valence-electron chi connectivity index (χ1n) is 4.63. The summed E-state index contributed by atoms with van der Waals surface area (Å²) in [5, 5.41) is 0.784. The molecule has 5 nitrogen and oxygen atoms in total. The molecule has 1 aromatic heterocycles. The van der Waals surface area contributed by atoms with Crippen molar-refractivity contribution in [1.29, 1.82) is 0 Å². The van der Waals surface area contributed by atoms with Gasteiger partial charge in [-0.15, -0.1) is 0 Å². The summed E-state index contributed by atoms with van der Waals surface area (Å²) in [6.07, 6.45) is 3.10. The molecule has 0 bridgehead atoms. The average Bonchev–Trinajstić information content (AvgIpc) is 2.25. The molecule has 1 aromatic rings. The molecule has 0 aliphatic carbocycles. The highest BCUT2D eigenvalue weighted by molar-refractivity contribution is 9.09. The van der Waals surface area contributed by atoms with E-state index in [2.05, 4.69) is 25.9 Å². The van der Waals surface area contributed by atoms with Crippen LogP contribution in [-0.2, 0) is 4.74 Å². The highest BCUT2D eigenvalue weighted by Crippen LogP contribution is 2.02. The van der Waals surface area contributed by atoms with Crippen LogP contribution in [0.5, 0.6) is 0 Å². The summed E-state index contributed by atoms with van der Waals surface area (Å²) in [6.45, 7) is 1.95. The number of alkyl halides is 1. The fourth-order valence-corrected chi connectivity index (χ4v) is 1.62. The Morgan fingerprint density at radius 2 is 2.40 bits per heavy atom. The van der Waals surface area contributed by atoms with Gasteiger partial charge in [-0.25, -0.2) is 4.98 Å². The smallest absolute Gasteiger partial charge is 0.290 e. The molecule has 84 valence electrons. The Labute approximate surface area is 96.6 Å². The van der Waals surface area contributed by atoms with Crippen molar-refractivity contribution in [3.63, 3.8) is 0 Å². The van der Waals surface area contributed by atoms with E-state index in [0.29, 0.717) is 19.0 Å². The monoisotopic (exact) mass is 275 g/mol. The van der Waals surface area contributed by atoms with E-state index in [1.807, 2.05) is 4.90 Å². The number of rotatable bonds is 6. The van der Waals surface area contributed by atoms with Crippen molar-refractivity contribution >= 4 is 21.7 Å². The first kappa shape index (κ1) is 12.2. The van der Waals surface area contributed by atoms with Gasteiger partial charge in [-0.1, -0.05) is 15.9 Å². The SMILES string of the molecule is COCCN(CCBr)c1ncc[nH]c1=O. The topological polar surface area (TPSA) is 58.2 Å². The summed E-state index contributed by atoms with van der Waals surface area (Å²) in [5.41, 5.74) is -0.172. The number of anilines is 1. The third-order valence-corrected chi connectivity index (χ3v) is 2.26. The molecule has 0 unspecified atom stereocenters. The molecule has 1 heterocycles. The summed E-state index contributed by atoms with van der Waals surface area (Å²) in [7, 11) is 1.63. The molecule has 0 amide bonds. The second kappa shape index (κ2) is 6.58. The van der Waals surface area contributed by atoms with Crippen LogP contribution in [0.3, 0.4) is 0 Å². The maximum absolute atomic E-state index is 11.5. The van der Waals surface area contributed by atoms with Crippen LogP contribution in [0.4, 0.5) is 5.82 Å². The van der Waals surface area contributed by atoms with Gasteiger partial charge in [-0.2, -0.15) is 0 Å². The van der Waals surface area contributed by atoms with Gasteiger partial charge in [-0.3, -0.25) is 4.79 Å². The first-order valence-corrected chi connectivity index (χ1v) is 5.75. The molecule has 0 radical (unpaired) electrons. The predicted molar refractivity (Wildman–Crippen MR) is 62.7 cm³/mol. The van der Waals surface area contributed by atoms with Crippen LogP contribution in [0.1, 0.15) is 0 Å². The number of aromatic nitrogens is 2. The summed E-state index contributed by atoms with van der Waals surface area (Å²) in [6, 6.07) is 0. The first-order chi connectivity index (χ1) is 7.29. The van der Waals surface area contributed by atoms with Crippen molar-refractivity contribution in [1.82, 2.24) is 9.97 Å². The quantitative estimate of drug-likeness (QED) is 0.774. The summed E-state index contributed by atoms with van der Waals surface area (Å²) < 4.78 is 4.98. The largest absolute Gasteiger partial charge is 0.383 e. The highest BCUT2D eigenvalue weighted by Gasteiger charge is 2.10. The molecular formula is C9H14BrN3O2. The van der Waals surface area contributed by atoms with Crippen LogP contribution in [-0.4, -0.2) is 42.1 Å². The molecular weight excluding hydrogens is 262 g/mol. The van der Waals surface area contributed by atoms with E-state index in [-0.39, 0.29) is 5.56 Å². The predicted octanol–water partition coefficient (Wildman–Crippen LogP) is 0.618. The molecule has 1 N–H and O–H groups in total. The number of methoxy groups -OCH3 is 1. The molecule has 0 aromatic carbocycles. The Hall–Kier alpha value is -0.880. The lowest BCUT2D eigenvalue weighted by Crippen LogP contribution is -2.34. The van der Waals surface area contributed by atoms with Gasteiger partial charge in [0.2, 0.25) is 0 Å². The van der Waals surface area contributed by atoms with E-state index in [0.717, 1.165) is 11.9 Å². The van der Waals surface area contributed by atoms with Gasteiger partial charge >= 0.3 is 0 Å². The molecule has 0 spiro atoms. The highest BCUT2D eigenvalue weighted by atomic mass is 79.9. The maximum Gasteiger partial charge on any atom is 0.290 e. The van der Waals surface area contributed by atoms with E-state index in [1.165, 1.54) is 6.20 Å². The minimum atomic E-state index is -0.172. The van der Waals surface area contributed by atoms with Crippen molar-refractivity contribution in [2.75, 3.05) is 37.0 Å². The molecule has 0 saturated carbocycles. The summed E-state index contributed by atoms with van der Waals surface area (Å²) >= 11 is 3.34. The Balaban J connectivity index is 2.79. The van der Waals surface area contributed by atoms with Crippen LogP contribution in [0.25, 0.3) is 0 Å². The van der Waals surface area contributed by atoms with Crippen LogP contribution >= 0.6 is 15.9 Å². The number of nitrogens with zero attached hydrogens (tertiary/aromatic N) is 2. The van der Waals surface area contributed by atoms with Gasteiger partial charge in [0, 0.05) is 37.9 Å². The third-order valence-electron chi connectivity index (χ3n) is 1.91. The third kappa shape index (κ3) is 3.64. The average molecular weight is 276 g/mol. The van der Waals surface area contributed by atoms with E-state index in [1.54, 1.807) is 13.3 Å². The Morgan fingerprint density at radius 3 is 3.00 bits per heavy atom. The van der Waals surface area contributed by atoms with Crippen LogP contribution < -0.4 is 10.5 Å². The molecule has 0 saturated heterocycles. The number of H-pyrrole nitrogens is 1. The van der Waals surface area contributed by atoms with Gasteiger partial charge < -0.3 is 14.6 Å². The second-order valence-electron chi connectivity index (χ2n) is 2.91. The van der Waals surface area contributed by atoms with Crippen LogP contribution in [0.2, 0.25) is 0 Å². The zero-order chi connectivity index (χ0) is 11.1. The van der Waals surface area contributed by atoms with Gasteiger partial charge in [0.15, 0.2) is 5.82 Å². The molecule has 0 aliphatic rings. The van der Waals surface area contributed by atoms with Crippen molar-refractivity contribution in [2.24, 2.45) is 0 Å². The number of hydrogen-bond acceptors (Lipinski definition) is 4. The van der Waals surface area contributed by atoms with Gasteiger partial charge in [0.1, 0.15) is 0 Å². The molecule has 6 heteroatoms. The minimum absolute atomic E-state index is 0.172. The van der Waals surface area contributed by atoms with Crippen LogP contribution in [0.15, 0.2) is 17.2 Å². The Bertz CT molecular complexity index is 342. The zero-order valence-corrected chi connectivity index (χ0v) is 10.2. The van der Waals surface area contributed by atoms with E-state index >= 15 is 0 Å². The Morgan fingerprint density at radius 1 is 1.60 bits per heavy atom. The second-order valence-corrected chi connectivity index (χ2v) is 3.70. The lowest BCUT2D eigenvalue weighted by atomic mass is 10.4. The summed E-state index contributed by atoms with van der Waals surface area (Å²) in [5.74, 6) is 0.439. The number of halogens is 1. The molecule has 0 atom stereocenters. The van der Waals surface area contributed by atoms with Crippen LogP contribution in [0, 0.1) is 0 Å². The van der Waals surface area contributed by atoms with Gasteiger partial charge in [-0.05, 0) is 0 Å². The van der Waals surface area contributed by atoms with E-state index < -0.39 is 0 Å². The fraction of sp³-hybridized carbons (Fsp3) is 0.556. The normalized spacial score (nSPS) is 10.3. The molecule has 0 aliphatic heterocycles. The standard InChI is InChI=1S/C9H14BrN3O2/c1-15-7-6-13(5-2-10)8-9(14)12-4-3-11-8/h3-4H,2,5-7H2,1H3,(H,12,14). The fourth-order valence-electron chi connectivity index (χ4n) is 1.20. The van der Waals surface area contributed by atoms with Crippen molar-refractivity contribution in [2.45, 2.75) is 0 Å². The van der Waals surface area contributed by atoms with Gasteiger partial charge in [0.25, 0.3) is 5.56 Å². The summed E-state index contributed by atoms with van der Waals surface area (Å²) in [4.78, 5) is 20.0. The lowest BCUT2D eigenvalue weighted by molar-refractivity contribution is 0.205. The minimum Gasteiger partial charge on any atom is -0.383 e. The van der Waals surface area contributed by atoms with Gasteiger partial charge in [0.05, 0.1) is 6.61 Å². The molecule has 0 fully saturated rings. The number of ether oxygens (including phenoxy) is 1. The maximum atomic E-state index is 11.5. The van der Waals surface area contributed by atoms with Crippen molar-refractivity contribution in [3.8, 4) is 0 Å². The van der Waals surface area contributed by atoms with E-state index in [4.69, 9.17) is 4.74 Å². The zero-order valence-electron chi connectivity index (χ0n) is 8.57. The van der Waals surface area contributed by atoms with Crippen molar-refractivity contribution in [3.05, 3.63) is 22.7 Å². The van der Waals surface area contributed by atoms with Crippen molar-refractivity contribution < 1.29 is 4.74 Å². The number of hydrogen-bond donors (Lipinski definition) is 1. The lowest BCUT2D eigenvalue weighted by Gasteiger charge is -2.20. The number of aromatic amines is 1.